The molecule has 0 bridgehead atoms. The molecule has 0 saturated heterocycles. The number of nitrogens with zero attached hydrogens (tertiary/aromatic N) is 3. The molecule has 2 saturated carbocycles. The van der Waals surface area contributed by atoms with Gasteiger partial charge in [0.2, 0.25) is 0 Å². The minimum atomic E-state index is -4.36. The molecule has 1 aromatic carbocycles. The Morgan fingerprint density at radius 3 is 2.60 bits per heavy atom. The van der Waals surface area contributed by atoms with Crippen molar-refractivity contribution in [3.63, 3.8) is 0 Å². The Bertz CT molecular complexity index is 1300. The van der Waals surface area contributed by atoms with Gasteiger partial charge in [0.05, 0.1) is 23.1 Å². The van der Waals surface area contributed by atoms with Crippen LogP contribution >= 0.6 is 0 Å². The zero-order valence-corrected chi connectivity index (χ0v) is 19.6. The number of allylic oxidation sites excluding steroid dienone is 1. The third-order valence-corrected chi connectivity index (χ3v) is 8.68. The lowest BCUT2D eigenvalue weighted by Gasteiger charge is -2.47. The van der Waals surface area contributed by atoms with E-state index < -0.39 is 11.7 Å². The van der Waals surface area contributed by atoms with E-state index in [0.717, 1.165) is 43.1 Å². The van der Waals surface area contributed by atoms with Gasteiger partial charge in [0, 0.05) is 17.3 Å². The summed E-state index contributed by atoms with van der Waals surface area (Å²) >= 11 is 0. The number of aromatic nitrogens is 3. The lowest BCUT2D eigenvalue weighted by molar-refractivity contribution is -0.137. The Labute approximate surface area is 201 Å². The smallest absolute Gasteiger partial charge is 0.261 e. The van der Waals surface area contributed by atoms with Crippen molar-refractivity contribution < 1.29 is 17.6 Å². The van der Waals surface area contributed by atoms with Crippen molar-refractivity contribution in [2.75, 3.05) is 0 Å². The maximum Gasteiger partial charge on any atom is 0.416 e. The molecule has 35 heavy (non-hydrogen) atoms. The maximum atomic E-state index is 13.4. The molecule has 0 aliphatic heterocycles. The van der Waals surface area contributed by atoms with E-state index in [4.69, 9.17) is 0 Å². The number of halogens is 4. The first-order chi connectivity index (χ1) is 16.7. The van der Waals surface area contributed by atoms with E-state index in [0.29, 0.717) is 18.0 Å². The fourth-order valence-corrected chi connectivity index (χ4v) is 6.73. The Kier molecular flexibility index (Phi) is 5.00. The zero-order valence-electron chi connectivity index (χ0n) is 19.6. The summed E-state index contributed by atoms with van der Waals surface area (Å²) in [6.45, 7) is 2.33. The summed E-state index contributed by atoms with van der Waals surface area (Å²) < 4.78 is 55.0. The van der Waals surface area contributed by atoms with Gasteiger partial charge >= 0.3 is 6.18 Å². The number of hydrogen-bond donors (Lipinski definition) is 0. The van der Waals surface area contributed by atoms with Gasteiger partial charge in [-0.2, -0.15) is 18.3 Å². The number of alkyl halides is 3. The van der Waals surface area contributed by atoms with E-state index in [2.05, 4.69) is 23.1 Å². The molecule has 3 nitrogen and oxygen atoms in total. The molecule has 3 aliphatic carbocycles. The van der Waals surface area contributed by atoms with Gasteiger partial charge in [-0.15, -0.1) is 0 Å². The summed E-state index contributed by atoms with van der Waals surface area (Å²) in [4.78, 5) is 4.26. The van der Waals surface area contributed by atoms with Crippen molar-refractivity contribution in [2.24, 2.45) is 16.7 Å². The van der Waals surface area contributed by atoms with Crippen LogP contribution in [0.15, 0.2) is 54.4 Å². The first kappa shape index (κ1) is 22.5. The van der Waals surface area contributed by atoms with Crippen LogP contribution < -0.4 is 0 Å². The molecule has 2 fully saturated rings. The minimum absolute atomic E-state index is 0.0122. The van der Waals surface area contributed by atoms with Crippen molar-refractivity contribution in [1.82, 2.24) is 14.8 Å². The van der Waals surface area contributed by atoms with Gasteiger partial charge < -0.3 is 0 Å². The topological polar surface area (TPSA) is 30.7 Å². The molecule has 2 aromatic heterocycles. The predicted octanol–water partition coefficient (Wildman–Crippen LogP) is 7.19. The fourth-order valence-electron chi connectivity index (χ4n) is 6.73. The van der Waals surface area contributed by atoms with E-state index in [1.165, 1.54) is 48.4 Å². The molecule has 7 heteroatoms. The average Bonchev–Trinajstić information content (AvgIpc) is 3.55. The molecule has 0 spiro atoms. The van der Waals surface area contributed by atoms with E-state index in [-0.39, 0.29) is 16.6 Å². The molecule has 6 rings (SSSR count). The summed E-state index contributed by atoms with van der Waals surface area (Å²) in [6, 6.07) is 8.61. The van der Waals surface area contributed by atoms with Gasteiger partial charge in [-0.3, -0.25) is 4.98 Å². The second-order valence-electron chi connectivity index (χ2n) is 10.6. The number of fused-ring (bicyclic) bond motifs is 2. The van der Waals surface area contributed by atoms with Crippen molar-refractivity contribution in [3.8, 4) is 5.69 Å². The molecule has 3 aromatic rings. The number of rotatable bonds is 5. The third kappa shape index (κ3) is 3.62. The lowest BCUT2D eigenvalue weighted by Crippen LogP contribution is -2.42. The molecule has 0 radical (unpaired) electrons. The van der Waals surface area contributed by atoms with E-state index in [1.54, 1.807) is 12.1 Å². The quantitative estimate of drug-likeness (QED) is 0.361. The van der Waals surface area contributed by atoms with Gasteiger partial charge in [-0.25, -0.2) is 9.07 Å². The van der Waals surface area contributed by atoms with Gasteiger partial charge in [0.15, 0.2) is 0 Å². The average molecular weight is 482 g/mol. The maximum absolute atomic E-state index is 13.4. The summed E-state index contributed by atoms with van der Waals surface area (Å²) in [6.07, 6.45) is 7.75. The molecular weight excluding hydrogens is 454 g/mol. The van der Waals surface area contributed by atoms with Crippen LogP contribution in [-0.2, 0) is 19.0 Å². The number of benzene rings is 1. The highest BCUT2D eigenvalue weighted by Gasteiger charge is 2.62. The second kappa shape index (κ2) is 7.77. The third-order valence-electron chi connectivity index (χ3n) is 8.68. The van der Waals surface area contributed by atoms with Gasteiger partial charge in [-0.1, -0.05) is 12.5 Å². The standard InChI is InChI=1S/C28H27F4N3/c1-26(12-9-23-14-21(10-13-33-23)28(30,31)32)11-8-20-15-25-18(16-27(20,26)19-2-3-19)17-34-35(25)24-6-4-22(29)5-7-24/h4-7,10,13-15,17,19H,2-3,8-9,11-12,16H2,1H3/t26-,27+/m0/s1. The monoisotopic (exact) mass is 481 g/mol. The number of hydrogen-bond acceptors (Lipinski definition) is 2. The molecule has 0 N–H and O–H groups in total. The van der Waals surface area contributed by atoms with Crippen LogP contribution in [0.1, 0.15) is 61.5 Å². The van der Waals surface area contributed by atoms with Gasteiger partial charge in [0.25, 0.3) is 0 Å². The molecular formula is C28H27F4N3. The Hall–Kier alpha value is -2.96. The second-order valence-corrected chi connectivity index (χ2v) is 10.6. The van der Waals surface area contributed by atoms with Crippen LogP contribution in [0.2, 0.25) is 0 Å². The molecule has 2 atom stereocenters. The minimum Gasteiger partial charge on any atom is -0.261 e. The summed E-state index contributed by atoms with van der Waals surface area (Å²) in [5.41, 5.74) is 4.39. The highest BCUT2D eigenvalue weighted by Crippen LogP contribution is 2.70. The first-order valence-corrected chi connectivity index (χ1v) is 12.3. The Balaban J connectivity index is 1.32. The number of aryl methyl sites for hydroxylation is 1. The molecule has 182 valence electrons. The van der Waals surface area contributed by atoms with Crippen molar-refractivity contribution >= 4 is 6.08 Å². The SMILES string of the molecule is C[C@@]1(CCc2cc(C(F)(F)F)ccn2)CCC2=Cc3c(cnn3-c3ccc(F)cc3)C[C@@]21C1CC1. The molecule has 3 aliphatic rings. The lowest BCUT2D eigenvalue weighted by atomic mass is 9.56. The van der Waals surface area contributed by atoms with Gasteiger partial charge in [-0.05, 0) is 104 Å². The van der Waals surface area contributed by atoms with E-state index >= 15 is 0 Å². The Morgan fingerprint density at radius 1 is 1.11 bits per heavy atom. The van der Waals surface area contributed by atoms with Crippen LogP contribution in [0, 0.1) is 22.6 Å². The molecule has 2 heterocycles. The van der Waals surface area contributed by atoms with Crippen molar-refractivity contribution in [2.45, 2.75) is 58.0 Å². The molecule has 0 unspecified atom stereocenters. The van der Waals surface area contributed by atoms with Crippen LogP contribution in [0.4, 0.5) is 17.6 Å². The highest BCUT2D eigenvalue weighted by atomic mass is 19.4. The fraction of sp³-hybridized carbons (Fsp3) is 0.429. The van der Waals surface area contributed by atoms with Crippen LogP contribution in [0.5, 0.6) is 0 Å². The summed E-state index contributed by atoms with van der Waals surface area (Å²) in [7, 11) is 0. The van der Waals surface area contributed by atoms with Crippen LogP contribution in [0.25, 0.3) is 11.8 Å². The first-order valence-electron chi connectivity index (χ1n) is 12.3. The van der Waals surface area contributed by atoms with Crippen molar-refractivity contribution in [1.29, 1.82) is 0 Å². The predicted molar refractivity (Wildman–Crippen MR) is 125 cm³/mol. The van der Waals surface area contributed by atoms with E-state index in [9.17, 15) is 17.6 Å². The Morgan fingerprint density at radius 2 is 1.89 bits per heavy atom. The van der Waals surface area contributed by atoms with Crippen molar-refractivity contribution in [3.05, 3.63) is 82.7 Å². The van der Waals surface area contributed by atoms with Gasteiger partial charge in [0.1, 0.15) is 5.82 Å². The van der Waals surface area contributed by atoms with E-state index in [1.807, 2.05) is 10.9 Å². The summed E-state index contributed by atoms with van der Waals surface area (Å²) in [5.74, 6) is 0.320. The van der Waals surface area contributed by atoms with Crippen LogP contribution in [0.3, 0.4) is 0 Å². The zero-order chi connectivity index (χ0) is 24.4. The largest absolute Gasteiger partial charge is 0.416 e. The number of pyridine rings is 1. The molecule has 0 amide bonds. The summed E-state index contributed by atoms with van der Waals surface area (Å²) in [5, 5.41) is 4.64. The normalized spacial score (nSPS) is 25.8. The highest BCUT2D eigenvalue weighted by molar-refractivity contribution is 5.63. The van der Waals surface area contributed by atoms with Crippen LogP contribution in [-0.4, -0.2) is 14.8 Å².